The van der Waals surface area contributed by atoms with Gasteiger partial charge in [0.1, 0.15) is 5.75 Å². The van der Waals surface area contributed by atoms with Gasteiger partial charge in [-0.2, -0.15) is 0 Å². The van der Waals surface area contributed by atoms with Gasteiger partial charge in [-0.05, 0) is 56.4 Å². The second-order valence-electron chi connectivity index (χ2n) is 7.70. The van der Waals surface area contributed by atoms with Crippen molar-refractivity contribution in [3.63, 3.8) is 0 Å². The Labute approximate surface area is 161 Å². The molecule has 3 aliphatic rings. The van der Waals surface area contributed by atoms with Gasteiger partial charge in [-0.15, -0.1) is 0 Å². The quantitative estimate of drug-likeness (QED) is 0.829. The number of nitrogens with zero attached hydrogens (tertiary/aromatic N) is 1. The zero-order valence-electron chi connectivity index (χ0n) is 16.2. The van der Waals surface area contributed by atoms with E-state index in [0.717, 1.165) is 82.1 Å². The first-order valence-corrected chi connectivity index (χ1v) is 10.2. The fourth-order valence-corrected chi connectivity index (χ4v) is 4.57. The fraction of sp³-hybridized carbons (Fsp3) is 0.667. The number of ether oxygens (including phenoxy) is 3. The van der Waals surface area contributed by atoms with Crippen molar-refractivity contribution in [2.24, 2.45) is 0 Å². The summed E-state index contributed by atoms with van der Waals surface area (Å²) in [7, 11) is 0. The highest BCUT2D eigenvalue weighted by atomic mass is 16.5. The van der Waals surface area contributed by atoms with Gasteiger partial charge in [-0.3, -0.25) is 9.69 Å². The molecule has 1 saturated carbocycles. The first kappa shape index (κ1) is 18.7. The van der Waals surface area contributed by atoms with Crippen LogP contribution in [0, 0.1) is 0 Å². The molecule has 4 rings (SSSR count). The van der Waals surface area contributed by atoms with Crippen LogP contribution in [0.2, 0.25) is 0 Å². The molecule has 0 unspecified atom stereocenters. The fourth-order valence-electron chi connectivity index (χ4n) is 4.57. The number of benzene rings is 1. The van der Waals surface area contributed by atoms with Crippen molar-refractivity contribution in [2.75, 3.05) is 51.4 Å². The minimum Gasteiger partial charge on any atom is -0.494 e. The summed E-state index contributed by atoms with van der Waals surface area (Å²) in [5.41, 5.74) is 1.63. The Bertz CT molecular complexity index is 664. The average Bonchev–Trinajstić information content (AvgIpc) is 2.96. The third-order valence-electron chi connectivity index (χ3n) is 6.15. The predicted octanol–water partition coefficient (Wildman–Crippen LogP) is 2.57. The highest BCUT2D eigenvalue weighted by molar-refractivity contribution is 6.06. The highest BCUT2D eigenvalue weighted by Crippen LogP contribution is 2.48. The van der Waals surface area contributed by atoms with E-state index in [0.29, 0.717) is 6.61 Å². The maximum absolute atomic E-state index is 12.8. The highest BCUT2D eigenvalue weighted by Gasteiger charge is 2.49. The Hall–Kier alpha value is -1.63. The third-order valence-corrected chi connectivity index (χ3v) is 6.15. The molecule has 1 saturated heterocycles. The Balaban J connectivity index is 1.34. The first-order chi connectivity index (χ1) is 13.2. The molecule has 2 fully saturated rings. The van der Waals surface area contributed by atoms with Crippen molar-refractivity contribution in [2.45, 2.75) is 44.1 Å². The monoisotopic (exact) mass is 374 g/mol. The van der Waals surface area contributed by atoms with Gasteiger partial charge < -0.3 is 19.5 Å². The molecule has 0 radical (unpaired) electrons. The van der Waals surface area contributed by atoms with Crippen LogP contribution in [0.1, 0.15) is 38.2 Å². The molecule has 0 aromatic heterocycles. The van der Waals surface area contributed by atoms with Gasteiger partial charge in [0, 0.05) is 25.3 Å². The van der Waals surface area contributed by atoms with Crippen LogP contribution < -0.4 is 10.1 Å². The number of hydrogen-bond donors (Lipinski definition) is 1. The summed E-state index contributed by atoms with van der Waals surface area (Å²) in [6.07, 6.45) is 3.78. The number of morpholine rings is 1. The zero-order valence-corrected chi connectivity index (χ0v) is 16.2. The van der Waals surface area contributed by atoms with Crippen LogP contribution in [0.15, 0.2) is 18.2 Å². The molecule has 0 bridgehead atoms. The Kier molecular flexibility index (Phi) is 5.66. The molecule has 2 aliphatic heterocycles. The van der Waals surface area contributed by atoms with Gasteiger partial charge in [-0.25, -0.2) is 0 Å². The Morgan fingerprint density at radius 1 is 1.26 bits per heavy atom. The van der Waals surface area contributed by atoms with E-state index in [1.54, 1.807) is 0 Å². The molecule has 6 heteroatoms. The molecule has 6 nitrogen and oxygen atoms in total. The summed E-state index contributed by atoms with van der Waals surface area (Å²) < 4.78 is 17.2. The van der Waals surface area contributed by atoms with Gasteiger partial charge in [0.2, 0.25) is 5.91 Å². The smallest absolute Gasteiger partial charge is 0.235 e. The van der Waals surface area contributed by atoms with E-state index in [2.05, 4.69) is 16.3 Å². The first-order valence-electron chi connectivity index (χ1n) is 10.2. The van der Waals surface area contributed by atoms with Crippen molar-refractivity contribution < 1.29 is 19.0 Å². The average molecular weight is 374 g/mol. The maximum Gasteiger partial charge on any atom is 0.235 e. The van der Waals surface area contributed by atoms with Crippen molar-refractivity contribution >= 4 is 11.6 Å². The lowest BCUT2D eigenvalue weighted by atomic mass is 9.69. The molecule has 1 amide bonds. The van der Waals surface area contributed by atoms with Gasteiger partial charge >= 0.3 is 0 Å². The summed E-state index contributed by atoms with van der Waals surface area (Å²) >= 11 is 0. The van der Waals surface area contributed by atoms with Crippen LogP contribution in [-0.4, -0.2) is 63.0 Å². The second-order valence-corrected chi connectivity index (χ2v) is 7.70. The molecular weight excluding hydrogens is 344 g/mol. The largest absolute Gasteiger partial charge is 0.494 e. The molecule has 2 heterocycles. The van der Waals surface area contributed by atoms with Gasteiger partial charge in [0.15, 0.2) is 0 Å². The van der Waals surface area contributed by atoms with Gasteiger partial charge in [0.25, 0.3) is 0 Å². The van der Waals surface area contributed by atoms with Crippen molar-refractivity contribution in [1.29, 1.82) is 0 Å². The third kappa shape index (κ3) is 3.84. The molecule has 1 aliphatic carbocycles. The molecule has 0 atom stereocenters. The van der Waals surface area contributed by atoms with Gasteiger partial charge in [0.05, 0.1) is 37.9 Å². The standard InChI is InChI=1S/C21H30N2O4/c1-2-26-17-3-4-19-18(15-17)21(20(24)22-19)7-5-16(6-8-21)27-14-11-23-9-12-25-13-10-23/h3-4,15-16H,2,5-14H2,1H3,(H,22,24). The summed E-state index contributed by atoms with van der Waals surface area (Å²) in [6, 6.07) is 5.95. The molecule has 1 aromatic carbocycles. The van der Waals surface area contributed by atoms with Crippen LogP contribution in [0.25, 0.3) is 0 Å². The minimum atomic E-state index is -0.410. The van der Waals surface area contributed by atoms with Crippen molar-refractivity contribution in [1.82, 2.24) is 4.90 Å². The molecule has 1 N–H and O–H groups in total. The number of amides is 1. The number of hydrogen-bond acceptors (Lipinski definition) is 5. The molecule has 27 heavy (non-hydrogen) atoms. The van der Waals surface area contributed by atoms with Crippen LogP contribution in [-0.2, 0) is 19.7 Å². The SMILES string of the molecule is CCOc1ccc2c(c1)C1(CCC(OCCN3CCOCC3)CC1)C(=O)N2. The van der Waals surface area contributed by atoms with Crippen LogP contribution in [0.3, 0.4) is 0 Å². The van der Waals surface area contributed by atoms with E-state index in [-0.39, 0.29) is 12.0 Å². The molecular formula is C21H30N2O4. The minimum absolute atomic E-state index is 0.137. The van der Waals surface area contributed by atoms with Crippen LogP contribution in [0.4, 0.5) is 5.69 Å². The van der Waals surface area contributed by atoms with Crippen molar-refractivity contribution in [3.05, 3.63) is 23.8 Å². The molecule has 1 spiro atoms. The summed E-state index contributed by atoms with van der Waals surface area (Å²) in [5.74, 6) is 0.980. The summed E-state index contributed by atoms with van der Waals surface area (Å²) in [6.45, 7) is 7.97. The Morgan fingerprint density at radius 3 is 2.78 bits per heavy atom. The van der Waals surface area contributed by atoms with Crippen LogP contribution in [0.5, 0.6) is 5.75 Å². The predicted molar refractivity (Wildman–Crippen MR) is 103 cm³/mol. The normalized spacial score (nSPS) is 28.2. The Morgan fingerprint density at radius 2 is 2.04 bits per heavy atom. The van der Waals surface area contributed by atoms with Crippen LogP contribution >= 0.6 is 0 Å². The lowest BCUT2D eigenvalue weighted by molar-refractivity contribution is -0.123. The van der Waals surface area contributed by atoms with E-state index in [1.807, 2.05) is 19.1 Å². The number of rotatable bonds is 6. The lowest BCUT2D eigenvalue weighted by Crippen LogP contribution is -2.41. The molecule has 1 aromatic rings. The molecule has 148 valence electrons. The summed E-state index contributed by atoms with van der Waals surface area (Å²) in [5, 5.41) is 3.07. The number of carbonyl (C=O) groups is 1. The van der Waals surface area contributed by atoms with Gasteiger partial charge in [-0.1, -0.05) is 0 Å². The second kappa shape index (κ2) is 8.17. The zero-order chi connectivity index (χ0) is 18.7. The lowest BCUT2D eigenvalue weighted by Gasteiger charge is -2.36. The van der Waals surface area contributed by atoms with E-state index >= 15 is 0 Å². The summed E-state index contributed by atoms with van der Waals surface area (Å²) in [4.78, 5) is 15.2. The number of carbonyl (C=O) groups excluding carboxylic acids is 1. The number of anilines is 1. The van der Waals surface area contributed by atoms with E-state index in [4.69, 9.17) is 14.2 Å². The van der Waals surface area contributed by atoms with E-state index in [1.165, 1.54) is 0 Å². The maximum atomic E-state index is 12.8. The van der Waals surface area contributed by atoms with Crippen molar-refractivity contribution in [3.8, 4) is 5.75 Å². The van der Waals surface area contributed by atoms with E-state index in [9.17, 15) is 4.79 Å². The number of fused-ring (bicyclic) bond motifs is 2. The topological polar surface area (TPSA) is 60.0 Å². The van der Waals surface area contributed by atoms with E-state index < -0.39 is 5.41 Å². The number of nitrogens with one attached hydrogen (secondary N) is 1.